The minimum Gasteiger partial charge on any atom is -0.362 e. The smallest absolute Gasteiger partial charge is 0.109 e. The minimum absolute atomic E-state index is 0.115. The Hall–Kier alpha value is -2.95. The first-order chi connectivity index (χ1) is 14.3. The van der Waals surface area contributed by atoms with E-state index in [0.717, 1.165) is 24.2 Å². The molecular formula is C24H20ClN3O. The molecule has 0 unspecified atom stereocenters. The molecule has 0 bridgehead atoms. The van der Waals surface area contributed by atoms with E-state index in [0.29, 0.717) is 11.6 Å². The fraction of sp³-hybridized carbons (Fsp3) is 0.167. The molecule has 0 spiro atoms. The van der Waals surface area contributed by atoms with Gasteiger partial charge in [-0.3, -0.25) is 0 Å². The predicted octanol–water partition coefficient (Wildman–Crippen LogP) is 5.33. The molecule has 5 rings (SSSR count). The van der Waals surface area contributed by atoms with Gasteiger partial charge in [-0.1, -0.05) is 77.5 Å². The summed E-state index contributed by atoms with van der Waals surface area (Å²) < 4.78 is 8.12. The summed E-state index contributed by atoms with van der Waals surface area (Å²) in [5.41, 5.74) is 6.72. The molecule has 3 aromatic carbocycles. The Kier molecular flexibility index (Phi) is 4.88. The zero-order chi connectivity index (χ0) is 19.6. The first kappa shape index (κ1) is 18.1. The summed E-state index contributed by atoms with van der Waals surface area (Å²) in [6.45, 7) is 0.373. The number of fused-ring (bicyclic) bond motifs is 2. The SMILES string of the molecule is Clc1ccccc1-n1cc(COC2c3ccccc3CCc3ccccc32)nn1. The Morgan fingerprint density at radius 3 is 2.17 bits per heavy atom. The van der Waals surface area contributed by atoms with Gasteiger partial charge in [-0.25, -0.2) is 4.68 Å². The molecule has 5 heteroatoms. The third kappa shape index (κ3) is 3.57. The lowest BCUT2D eigenvalue weighted by molar-refractivity contribution is 0.0641. The number of ether oxygens (including phenoxy) is 1. The molecule has 0 fully saturated rings. The predicted molar refractivity (Wildman–Crippen MR) is 113 cm³/mol. The first-order valence-corrected chi connectivity index (χ1v) is 10.1. The second kappa shape index (κ2) is 7.82. The van der Waals surface area contributed by atoms with Gasteiger partial charge in [0, 0.05) is 0 Å². The van der Waals surface area contributed by atoms with E-state index >= 15 is 0 Å². The molecule has 0 amide bonds. The van der Waals surface area contributed by atoms with Crippen molar-refractivity contribution in [3.05, 3.63) is 112 Å². The van der Waals surface area contributed by atoms with Crippen molar-refractivity contribution in [1.29, 1.82) is 0 Å². The number of rotatable bonds is 4. The number of hydrogen-bond donors (Lipinski definition) is 0. The Bertz CT molecular complexity index is 1110. The van der Waals surface area contributed by atoms with Crippen LogP contribution < -0.4 is 0 Å². The van der Waals surface area contributed by atoms with Crippen molar-refractivity contribution in [2.75, 3.05) is 0 Å². The summed E-state index contributed by atoms with van der Waals surface area (Å²) in [5.74, 6) is 0. The van der Waals surface area contributed by atoms with Gasteiger partial charge in [-0.05, 0) is 47.2 Å². The summed E-state index contributed by atoms with van der Waals surface area (Å²) in [6.07, 6.45) is 3.80. The highest BCUT2D eigenvalue weighted by Gasteiger charge is 2.24. The maximum absolute atomic E-state index is 6.43. The largest absolute Gasteiger partial charge is 0.362 e. The molecule has 1 heterocycles. The van der Waals surface area contributed by atoms with E-state index in [1.54, 1.807) is 4.68 Å². The van der Waals surface area contributed by atoms with Crippen LogP contribution in [-0.2, 0) is 24.2 Å². The highest BCUT2D eigenvalue weighted by atomic mass is 35.5. The number of aromatic nitrogens is 3. The lowest BCUT2D eigenvalue weighted by atomic mass is 9.97. The molecule has 1 aliphatic carbocycles. The van der Waals surface area contributed by atoms with E-state index in [9.17, 15) is 0 Å². The third-order valence-electron chi connectivity index (χ3n) is 5.38. The molecule has 0 radical (unpaired) electrons. The van der Waals surface area contributed by atoms with Gasteiger partial charge < -0.3 is 4.74 Å². The molecule has 0 atom stereocenters. The fourth-order valence-electron chi connectivity index (χ4n) is 3.94. The van der Waals surface area contributed by atoms with Gasteiger partial charge in [0.05, 0.1) is 23.5 Å². The molecule has 0 saturated carbocycles. The maximum Gasteiger partial charge on any atom is 0.109 e. The van der Waals surface area contributed by atoms with Crippen molar-refractivity contribution >= 4 is 11.6 Å². The van der Waals surface area contributed by atoms with Crippen LogP contribution in [0.3, 0.4) is 0 Å². The van der Waals surface area contributed by atoms with Gasteiger partial charge >= 0.3 is 0 Å². The van der Waals surface area contributed by atoms with E-state index < -0.39 is 0 Å². The second-order valence-electron chi connectivity index (χ2n) is 7.19. The Morgan fingerprint density at radius 2 is 1.48 bits per heavy atom. The number of hydrogen-bond acceptors (Lipinski definition) is 3. The molecule has 1 aromatic heterocycles. The van der Waals surface area contributed by atoms with E-state index in [1.165, 1.54) is 22.3 Å². The van der Waals surface area contributed by atoms with E-state index in [4.69, 9.17) is 16.3 Å². The maximum atomic E-state index is 6.43. The number of benzene rings is 3. The first-order valence-electron chi connectivity index (χ1n) is 9.73. The van der Waals surface area contributed by atoms with Crippen LogP contribution in [0.15, 0.2) is 79.0 Å². The van der Waals surface area contributed by atoms with Gasteiger partial charge in [-0.15, -0.1) is 5.10 Å². The number of nitrogens with zero attached hydrogens (tertiary/aromatic N) is 3. The van der Waals surface area contributed by atoms with Gasteiger partial charge in [0.2, 0.25) is 0 Å². The highest BCUT2D eigenvalue weighted by Crippen LogP contribution is 2.35. The van der Waals surface area contributed by atoms with Crippen LogP contribution in [0.25, 0.3) is 5.69 Å². The van der Waals surface area contributed by atoms with Gasteiger partial charge in [-0.2, -0.15) is 0 Å². The topological polar surface area (TPSA) is 39.9 Å². The summed E-state index contributed by atoms with van der Waals surface area (Å²) in [5, 5.41) is 9.14. The van der Waals surface area contributed by atoms with Crippen LogP contribution in [0.2, 0.25) is 5.02 Å². The summed E-state index contributed by atoms with van der Waals surface area (Å²) >= 11 is 6.28. The molecule has 0 N–H and O–H groups in total. The zero-order valence-electron chi connectivity index (χ0n) is 15.8. The minimum atomic E-state index is -0.115. The molecule has 0 aliphatic heterocycles. The van der Waals surface area contributed by atoms with Gasteiger partial charge in [0.15, 0.2) is 0 Å². The normalized spacial score (nSPS) is 13.6. The molecule has 4 nitrogen and oxygen atoms in total. The molecule has 29 heavy (non-hydrogen) atoms. The van der Waals surface area contributed by atoms with Crippen LogP contribution in [-0.4, -0.2) is 15.0 Å². The Morgan fingerprint density at radius 1 is 0.862 bits per heavy atom. The lowest BCUT2D eigenvalue weighted by Gasteiger charge is -2.20. The summed E-state index contributed by atoms with van der Waals surface area (Å²) in [7, 11) is 0. The van der Waals surface area contributed by atoms with E-state index in [-0.39, 0.29) is 6.10 Å². The van der Waals surface area contributed by atoms with Crippen LogP contribution in [0.5, 0.6) is 0 Å². The average molecular weight is 402 g/mol. The van der Waals surface area contributed by atoms with Crippen molar-refractivity contribution in [2.45, 2.75) is 25.6 Å². The third-order valence-corrected chi connectivity index (χ3v) is 5.70. The molecule has 144 valence electrons. The van der Waals surface area contributed by atoms with Crippen LogP contribution >= 0.6 is 11.6 Å². The summed E-state index contributed by atoms with van der Waals surface area (Å²) in [4.78, 5) is 0. The zero-order valence-corrected chi connectivity index (χ0v) is 16.6. The Balaban J connectivity index is 1.43. The number of para-hydroxylation sites is 1. The van der Waals surface area contributed by atoms with Crippen LogP contribution in [0, 0.1) is 0 Å². The molecular weight excluding hydrogens is 382 g/mol. The van der Waals surface area contributed by atoms with Crippen molar-refractivity contribution in [2.24, 2.45) is 0 Å². The van der Waals surface area contributed by atoms with Crippen molar-refractivity contribution < 1.29 is 4.74 Å². The quantitative estimate of drug-likeness (QED) is 0.464. The van der Waals surface area contributed by atoms with Gasteiger partial charge in [0.1, 0.15) is 11.8 Å². The highest BCUT2D eigenvalue weighted by molar-refractivity contribution is 6.32. The van der Waals surface area contributed by atoms with Gasteiger partial charge in [0.25, 0.3) is 0 Å². The summed E-state index contributed by atoms with van der Waals surface area (Å²) in [6, 6.07) is 24.7. The molecule has 1 aliphatic rings. The van der Waals surface area contributed by atoms with Crippen molar-refractivity contribution in [1.82, 2.24) is 15.0 Å². The lowest BCUT2D eigenvalue weighted by Crippen LogP contribution is -2.08. The van der Waals surface area contributed by atoms with Crippen molar-refractivity contribution in [3.8, 4) is 5.69 Å². The standard InChI is InChI=1S/C24H20ClN3O/c25-22-11-5-6-12-23(22)28-15-19(26-27-28)16-29-24-20-9-3-1-7-17(20)13-14-18-8-2-4-10-21(18)24/h1-12,15,24H,13-14,16H2. The molecule has 4 aromatic rings. The fourth-order valence-corrected chi connectivity index (χ4v) is 4.16. The van der Waals surface area contributed by atoms with Crippen LogP contribution in [0.4, 0.5) is 0 Å². The second-order valence-corrected chi connectivity index (χ2v) is 7.60. The molecule has 0 saturated heterocycles. The monoisotopic (exact) mass is 401 g/mol. The Labute approximate surface area is 174 Å². The van der Waals surface area contributed by atoms with Crippen LogP contribution in [0.1, 0.15) is 34.1 Å². The number of aryl methyl sites for hydroxylation is 2. The number of halogens is 1. The average Bonchev–Trinajstić information content (AvgIpc) is 3.16. The van der Waals surface area contributed by atoms with Crippen molar-refractivity contribution in [3.63, 3.8) is 0 Å². The van der Waals surface area contributed by atoms with E-state index in [2.05, 4.69) is 58.8 Å². The van der Waals surface area contributed by atoms with E-state index in [1.807, 2.05) is 30.5 Å².